The summed E-state index contributed by atoms with van der Waals surface area (Å²) < 4.78 is 0. The van der Waals surface area contributed by atoms with Crippen LogP contribution in [0.25, 0.3) is 0 Å². The summed E-state index contributed by atoms with van der Waals surface area (Å²) in [6.45, 7) is 11.4. The predicted octanol–water partition coefficient (Wildman–Crippen LogP) is 2.31. The van der Waals surface area contributed by atoms with E-state index in [2.05, 4.69) is 44.3 Å². The van der Waals surface area contributed by atoms with E-state index in [4.69, 9.17) is 0 Å². The van der Waals surface area contributed by atoms with Gasteiger partial charge in [0.1, 0.15) is 0 Å². The maximum Gasteiger partial charge on any atom is 0.00694 e. The van der Waals surface area contributed by atoms with Crippen molar-refractivity contribution < 1.29 is 0 Å². The smallest absolute Gasteiger partial charge is 0.00694 e. The van der Waals surface area contributed by atoms with Crippen molar-refractivity contribution in [3.8, 4) is 0 Å². The second-order valence-corrected chi connectivity index (χ2v) is 5.66. The standard InChI is InChI=1S/C12H28N2S/c1-6-12(3,10-13-7-2)11-14(4)8-9-15-5/h13H,6-11H2,1-5H3. The van der Waals surface area contributed by atoms with Crippen LogP contribution in [0.1, 0.15) is 27.2 Å². The highest BCUT2D eigenvalue weighted by Gasteiger charge is 2.22. The number of hydrogen-bond acceptors (Lipinski definition) is 3. The number of rotatable bonds is 9. The van der Waals surface area contributed by atoms with Crippen molar-refractivity contribution in [2.45, 2.75) is 27.2 Å². The van der Waals surface area contributed by atoms with Gasteiger partial charge in [0.15, 0.2) is 0 Å². The van der Waals surface area contributed by atoms with Crippen molar-refractivity contribution in [2.24, 2.45) is 5.41 Å². The van der Waals surface area contributed by atoms with Crippen LogP contribution >= 0.6 is 11.8 Å². The number of hydrogen-bond donors (Lipinski definition) is 1. The lowest BCUT2D eigenvalue weighted by Crippen LogP contribution is -2.41. The summed E-state index contributed by atoms with van der Waals surface area (Å²) in [4.78, 5) is 2.46. The molecule has 0 aliphatic carbocycles. The van der Waals surface area contributed by atoms with Gasteiger partial charge in [-0.2, -0.15) is 11.8 Å². The van der Waals surface area contributed by atoms with E-state index in [-0.39, 0.29) is 0 Å². The summed E-state index contributed by atoms with van der Waals surface area (Å²) in [5.74, 6) is 1.23. The highest BCUT2D eigenvalue weighted by atomic mass is 32.2. The van der Waals surface area contributed by atoms with Gasteiger partial charge in [-0.05, 0) is 31.7 Å². The maximum absolute atomic E-state index is 3.47. The largest absolute Gasteiger partial charge is 0.316 e. The molecule has 2 nitrogen and oxygen atoms in total. The molecule has 0 saturated heterocycles. The molecule has 0 amide bonds. The maximum atomic E-state index is 3.47. The molecule has 0 rings (SSSR count). The Morgan fingerprint density at radius 1 is 1.33 bits per heavy atom. The van der Waals surface area contributed by atoms with E-state index in [1.807, 2.05) is 11.8 Å². The molecule has 0 bridgehead atoms. The molecular weight excluding hydrogens is 204 g/mol. The molecule has 3 heteroatoms. The first-order valence-corrected chi connectivity index (χ1v) is 7.35. The summed E-state index contributed by atoms with van der Waals surface area (Å²) >= 11 is 1.92. The third-order valence-corrected chi connectivity index (χ3v) is 3.57. The van der Waals surface area contributed by atoms with Gasteiger partial charge < -0.3 is 10.2 Å². The van der Waals surface area contributed by atoms with Crippen LogP contribution in [0.15, 0.2) is 0 Å². The fourth-order valence-electron chi connectivity index (χ4n) is 1.70. The molecule has 0 spiro atoms. The van der Waals surface area contributed by atoms with E-state index >= 15 is 0 Å². The highest BCUT2D eigenvalue weighted by Crippen LogP contribution is 2.21. The zero-order chi connectivity index (χ0) is 11.7. The fourth-order valence-corrected chi connectivity index (χ4v) is 2.19. The molecule has 0 aliphatic heterocycles. The minimum Gasteiger partial charge on any atom is -0.316 e. The van der Waals surface area contributed by atoms with Crippen LogP contribution in [0, 0.1) is 5.41 Å². The van der Waals surface area contributed by atoms with Crippen molar-refractivity contribution in [2.75, 3.05) is 45.2 Å². The summed E-state index contributed by atoms with van der Waals surface area (Å²) in [7, 11) is 2.23. The Kier molecular flexibility index (Phi) is 8.58. The van der Waals surface area contributed by atoms with Gasteiger partial charge in [-0.1, -0.05) is 20.8 Å². The van der Waals surface area contributed by atoms with Crippen molar-refractivity contribution in [3.63, 3.8) is 0 Å². The number of nitrogens with zero attached hydrogens (tertiary/aromatic N) is 1. The summed E-state index contributed by atoms with van der Waals surface area (Å²) in [6, 6.07) is 0. The Hall–Kier alpha value is 0.270. The lowest BCUT2D eigenvalue weighted by molar-refractivity contribution is 0.188. The Balaban J connectivity index is 3.93. The molecule has 1 unspecified atom stereocenters. The average molecular weight is 232 g/mol. The summed E-state index contributed by atoms with van der Waals surface area (Å²) in [6.07, 6.45) is 3.41. The van der Waals surface area contributed by atoms with Crippen LogP contribution in [0.4, 0.5) is 0 Å². The predicted molar refractivity (Wildman–Crippen MR) is 72.8 cm³/mol. The number of nitrogens with one attached hydrogen (secondary N) is 1. The zero-order valence-electron chi connectivity index (χ0n) is 11.1. The molecule has 15 heavy (non-hydrogen) atoms. The van der Waals surface area contributed by atoms with Crippen LogP contribution in [0.2, 0.25) is 0 Å². The SMILES string of the molecule is CCNCC(C)(CC)CN(C)CCSC. The molecule has 0 aromatic rings. The van der Waals surface area contributed by atoms with Crippen LogP contribution in [0.5, 0.6) is 0 Å². The molecule has 92 valence electrons. The van der Waals surface area contributed by atoms with Crippen molar-refractivity contribution in [3.05, 3.63) is 0 Å². The average Bonchev–Trinajstić information content (AvgIpc) is 2.23. The van der Waals surface area contributed by atoms with Gasteiger partial charge in [-0.15, -0.1) is 0 Å². The topological polar surface area (TPSA) is 15.3 Å². The van der Waals surface area contributed by atoms with E-state index < -0.39 is 0 Å². The lowest BCUT2D eigenvalue weighted by Gasteiger charge is -2.33. The van der Waals surface area contributed by atoms with Crippen LogP contribution in [-0.4, -0.2) is 50.1 Å². The molecule has 0 fully saturated rings. The first-order chi connectivity index (χ1) is 7.08. The summed E-state index contributed by atoms with van der Waals surface area (Å²) in [5, 5.41) is 3.47. The molecule has 0 aliphatic rings. The first kappa shape index (κ1) is 15.3. The van der Waals surface area contributed by atoms with Crippen LogP contribution in [0.3, 0.4) is 0 Å². The summed E-state index contributed by atoms with van der Waals surface area (Å²) in [5.41, 5.74) is 0.420. The normalized spacial score (nSPS) is 15.6. The van der Waals surface area contributed by atoms with Crippen molar-refractivity contribution in [1.29, 1.82) is 0 Å². The minimum atomic E-state index is 0.420. The minimum absolute atomic E-state index is 0.420. The van der Waals surface area contributed by atoms with Crippen LogP contribution < -0.4 is 5.32 Å². The Morgan fingerprint density at radius 2 is 2.00 bits per heavy atom. The Bertz CT molecular complexity index is 153. The second-order valence-electron chi connectivity index (χ2n) is 4.68. The molecule has 0 heterocycles. The third-order valence-electron chi connectivity index (χ3n) is 2.98. The Labute approximate surface area is 100 Å². The molecule has 1 atom stereocenters. The molecule has 0 aromatic carbocycles. The van der Waals surface area contributed by atoms with Gasteiger partial charge in [0.2, 0.25) is 0 Å². The van der Waals surface area contributed by atoms with E-state index in [9.17, 15) is 0 Å². The highest BCUT2D eigenvalue weighted by molar-refractivity contribution is 7.98. The van der Waals surface area contributed by atoms with Crippen LogP contribution in [-0.2, 0) is 0 Å². The third kappa shape index (κ3) is 7.20. The monoisotopic (exact) mass is 232 g/mol. The number of thioether (sulfide) groups is 1. The van der Waals surface area contributed by atoms with Crippen molar-refractivity contribution in [1.82, 2.24) is 10.2 Å². The van der Waals surface area contributed by atoms with E-state index in [0.717, 1.165) is 13.1 Å². The zero-order valence-corrected chi connectivity index (χ0v) is 11.9. The van der Waals surface area contributed by atoms with E-state index in [0.29, 0.717) is 5.41 Å². The Morgan fingerprint density at radius 3 is 2.47 bits per heavy atom. The van der Waals surface area contributed by atoms with Gasteiger partial charge in [0.25, 0.3) is 0 Å². The molecular formula is C12H28N2S. The van der Waals surface area contributed by atoms with Gasteiger partial charge in [0.05, 0.1) is 0 Å². The van der Waals surface area contributed by atoms with Crippen molar-refractivity contribution >= 4 is 11.8 Å². The first-order valence-electron chi connectivity index (χ1n) is 5.96. The van der Waals surface area contributed by atoms with Gasteiger partial charge in [0, 0.05) is 25.4 Å². The molecule has 0 radical (unpaired) electrons. The van der Waals surface area contributed by atoms with Gasteiger partial charge in [-0.3, -0.25) is 0 Å². The quantitative estimate of drug-likeness (QED) is 0.657. The van der Waals surface area contributed by atoms with Gasteiger partial charge in [-0.25, -0.2) is 0 Å². The van der Waals surface area contributed by atoms with Gasteiger partial charge >= 0.3 is 0 Å². The molecule has 1 N–H and O–H groups in total. The van der Waals surface area contributed by atoms with E-state index in [1.54, 1.807) is 0 Å². The van der Waals surface area contributed by atoms with E-state index in [1.165, 1.54) is 25.3 Å². The second kappa shape index (κ2) is 8.43. The molecule has 0 saturated carbocycles. The fraction of sp³-hybridized carbons (Fsp3) is 1.00. The lowest BCUT2D eigenvalue weighted by atomic mass is 9.87. The molecule has 0 aromatic heterocycles.